The Morgan fingerprint density at radius 2 is 1.82 bits per heavy atom. The van der Waals surface area contributed by atoms with E-state index in [0.717, 1.165) is 24.4 Å². The van der Waals surface area contributed by atoms with Crippen molar-refractivity contribution in [1.29, 1.82) is 0 Å². The van der Waals surface area contributed by atoms with Crippen LogP contribution in [0.15, 0.2) is 54.6 Å². The molecular weight excluding hydrogens is 552 g/mol. The van der Waals surface area contributed by atoms with Crippen LogP contribution in [0.1, 0.15) is 28.1 Å². The fraction of sp³-hybridized carbons (Fsp3) is 0.308. The molecule has 1 fully saturated rings. The molecule has 0 saturated carbocycles. The van der Waals surface area contributed by atoms with E-state index in [0.29, 0.717) is 34.5 Å². The molecule has 9 nitrogen and oxygen atoms in total. The standard InChI is InChI=1S/C26H27ClN2O7S2/c27-21-22(36-14-20(30)31)24(26(32)33)37-23(21)18-7-4-8-19(13-18)29-25(17-9-11-28-12-10-17)38(34,35)15-16-5-2-1-3-6-16/h1-8,13,17,25,28-29H,9-12,14-15H2,(H,30,31)(H,32,33). The van der Waals surface area contributed by atoms with E-state index in [4.69, 9.17) is 21.4 Å². The van der Waals surface area contributed by atoms with Gasteiger partial charge in [-0.3, -0.25) is 0 Å². The monoisotopic (exact) mass is 578 g/mol. The van der Waals surface area contributed by atoms with Crippen molar-refractivity contribution in [3.63, 3.8) is 0 Å². The third-order valence-electron chi connectivity index (χ3n) is 6.19. The lowest BCUT2D eigenvalue weighted by Crippen LogP contribution is -2.43. The van der Waals surface area contributed by atoms with Crippen LogP contribution >= 0.6 is 22.9 Å². The maximum absolute atomic E-state index is 13.6. The van der Waals surface area contributed by atoms with Gasteiger partial charge in [-0.1, -0.05) is 54.1 Å². The first-order valence-corrected chi connectivity index (χ1v) is 14.8. The zero-order chi connectivity index (χ0) is 27.3. The lowest BCUT2D eigenvalue weighted by atomic mass is 9.97. The number of aromatic carboxylic acids is 1. The Hall–Kier alpha value is -3.12. The summed E-state index contributed by atoms with van der Waals surface area (Å²) in [4.78, 5) is 22.8. The van der Waals surface area contributed by atoms with Crippen LogP contribution in [-0.2, 0) is 20.4 Å². The Kier molecular flexibility index (Phi) is 8.93. The van der Waals surface area contributed by atoms with Gasteiger partial charge in [-0.15, -0.1) is 11.3 Å². The van der Waals surface area contributed by atoms with Crippen LogP contribution in [0, 0.1) is 5.92 Å². The summed E-state index contributed by atoms with van der Waals surface area (Å²) < 4.78 is 32.4. The number of rotatable bonds is 11. The molecule has 12 heteroatoms. The Bertz CT molecular complexity index is 1400. The minimum atomic E-state index is -3.60. The lowest BCUT2D eigenvalue weighted by Gasteiger charge is -2.32. The molecule has 0 amide bonds. The molecule has 0 radical (unpaired) electrons. The van der Waals surface area contributed by atoms with Crippen LogP contribution in [0.3, 0.4) is 0 Å². The molecule has 2 aromatic carbocycles. The predicted octanol–water partition coefficient (Wildman–Crippen LogP) is 4.58. The quantitative estimate of drug-likeness (QED) is 0.257. The van der Waals surface area contributed by atoms with Crippen LogP contribution in [0.5, 0.6) is 5.75 Å². The Labute approximate surface area is 229 Å². The number of nitrogens with one attached hydrogen (secondary N) is 2. The number of aliphatic carboxylic acids is 1. The van der Waals surface area contributed by atoms with Gasteiger partial charge in [-0.05, 0) is 55.1 Å². The van der Waals surface area contributed by atoms with E-state index >= 15 is 0 Å². The first-order valence-electron chi connectivity index (χ1n) is 11.9. The van der Waals surface area contributed by atoms with E-state index in [1.165, 1.54) is 0 Å². The molecule has 0 aliphatic carbocycles. The van der Waals surface area contributed by atoms with Gasteiger partial charge in [-0.2, -0.15) is 0 Å². The molecule has 3 aromatic rings. The zero-order valence-electron chi connectivity index (χ0n) is 20.2. The predicted molar refractivity (Wildman–Crippen MR) is 147 cm³/mol. The molecule has 1 aliphatic heterocycles. The van der Waals surface area contributed by atoms with Crippen molar-refractivity contribution in [1.82, 2.24) is 5.32 Å². The second-order valence-electron chi connectivity index (χ2n) is 8.92. The summed E-state index contributed by atoms with van der Waals surface area (Å²) in [6, 6.07) is 15.9. The Balaban J connectivity index is 1.66. The number of hydrogen-bond acceptors (Lipinski definition) is 8. The summed E-state index contributed by atoms with van der Waals surface area (Å²) in [5, 5.41) is 24.2. The number of thiophene rings is 1. The minimum absolute atomic E-state index is 0.0163. The lowest BCUT2D eigenvalue weighted by molar-refractivity contribution is -0.139. The number of carboxylic acid groups (broad SMARTS) is 2. The number of sulfone groups is 1. The largest absolute Gasteiger partial charge is 0.479 e. The number of piperidine rings is 1. The maximum Gasteiger partial charge on any atom is 0.349 e. The van der Waals surface area contributed by atoms with Crippen LogP contribution in [-0.4, -0.2) is 55.6 Å². The first-order chi connectivity index (χ1) is 18.2. The van der Waals surface area contributed by atoms with Gasteiger partial charge in [0.05, 0.1) is 10.6 Å². The van der Waals surface area contributed by atoms with Gasteiger partial charge in [0.1, 0.15) is 10.4 Å². The van der Waals surface area contributed by atoms with E-state index in [2.05, 4.69) is 10.6 Å². The van der Waals surface area contributed by atoms with Crippen LogP contribution < -0.4 is 15.4 Å². The molecule has 38 heavy (non-hydrogen) atoms. The summed E-state index contributed by atoms with van der Waals surface area (Å²) in [6.45, 7) is 0.715. The highest BCUT2D eigenvalue weighted by Gasteiger charge is 2.34. The normalized spacial score (nSPS) is 15.1. The van der Waals surface area contributed by atoms with Crippen LogP contribution in [0.25, 0.3) is 10.4 Å². The van der Waals surface area contributed by atoms with E-state index < -0.39 is 33.8 Å². The molecule has 1 atom stereocenters. The molecule has 1 saturated heterocycles. The molecule has 1 aromatic heterocycles. The van der Waals surface area contributed by atoms with Crippen molar-refractivity contribution in [2.45, 2.75) is 24.0 Å². The van der Waals surface area contributed by atoms with Gasteiger partial charge in [-0.25, -0.2) is 18.0 Å². The number of carboxylic acids is 2. The van der Waals surface area contributed by atoms with E-state index in [1.54, 1.807) is 36.4 Å². The summed E-state index contributed by atoms with van der Waals surface area (Å²) in [7, 11) is -3.60. The summed E-state index contributed by atoms with van der Waals surface area (Å²) in [6.07, 6.45) is 1.41. The van der Waals surface area contributed by atoms with E-state index in [-0.39, 0.29) is 27.3 Å². The average molecular weight is 579 g/mol. The molecule has 202 valence electrons. The van der Waals surface area contributed by atoms with Crippen molar-refractivity contribution >= 4 is 50.4 Å². The van der Waals surface area contributed by atoms with Gasteiger partial charge < -0.3 is 25.6 Å². The van der Waals surface area contributed by atoms with Gasteiger partial charge in [0.2, 0.25) is 0 Å². The number of benzene rings is 2. The van der Waals surface area contributed by atoms with Gasteiger partial charge in [0, 0.05) is 5.69 Å². The highest BCUT2D eigenvalue weighted by atomic mass is 35.5. The number of halogens is 1. The third-order valence-corrected chi connectivity index (χ3v) is 9.88. The Morgan fingerprint density at radius 3 is 2.47 bits per heavy atom. The van der Waals surface area contributed by atoms with Crippen molar-refractivity contribution < 1.29 is 33.0 Å². The molecule has 1 unspecified atom stereocenters. The Morgan fingerprint density at radius 1 is 1.11 bits per heavy atom. The highest BCUT2D eigenvalue weighted by Crippen LogP contribution is 2.46. The average Bonchev–Trinajstić information content (AvgIpc) is 3.23. The topological polar surface area (TPSA) is 142 Å². The first kappa shape index (κ1) is 27.9. The molecule has 1 aliphatic rings. The molecule has 0 bridgehead atoms. The highest BCUT2D eigenvalue weighted by molar-refractivity contribution is 7.91. The molecule has 4 N–H and O–H groups in total. The van der Waals surface area contributed by atoms with Gasteiger partial charge in [0.25, 0.3) is 0 Å². The number of hydrogen-bond donors (Lipinski definition) is 4. The van der Waals surface area contributed by atoms with Crippen LogP contribution in [0.4, 0.5) is 5.69 Å². The SMILES string of the molecule is O=C(O)COc1c(C(=O)O)sc(-c2cccc(NC(C3CCNCC3)S(=O)(=O)Cc3ccccc3)c2)c1Cl. The van der Waals surface area contributed by atoms with Gasteiger partial charge in [0.15, 0.2) is 27.1 Å². The minimum Gasteiger partial charge on any atom is -0.479 e. The van der Waals surface area contributed by atoms with Crippen molar-refractivity contribution in [2.24, 2.45) is 5.92 Å². The van der Waals surface area contributed by atoms with Gasteiger partial charge >= 0.3 is 11.9 Å². The van der Waals surface area contributed by atoms with E-state index in [9.17, 15) is 23.1 Å². The summed E-state index contributed by atoms with van der Waals surface area (Å²) in [5.74, 6) is -2.97. The third kappa shape index (κ3) is 6.65. The summed E-state index contributed by atoms with van der Waals surface area (Å²) in [5.41, 5.74) is 1.79. The summed E-state index contributed by atoms with van der Waals surface area (Å²) >= 11 is 7.30. The molecule has 4 rings (SSSR count). The molecule has 2 heterocycles. The second-order valence-corrected chi connectivity index (χ2v) is 12.4. The molecular formula is C26H27ClN2O7S2. The number of ether oxygens (including phenoxy) is 1. The smallest absolute Gasteiger partial charge is 0.349 e. The number of anilines is 1. The fourth-order valence-corrected chi connectivity index (χ4v) is 7.86. The maximum atomic E-state index is 13.6. The zero-order valence-corrected chi connectivity index (χ0v) is 22.6. The van der Waals surface area contributed by atoms with E-state index in [1.807, 2.05) is 18.2 Å². The van der Waals surface area contributed by atoms with Crippen molar-refractivity contribution in [3.8, 4) is 16.2 Å². The number of carbonyl (C=O) groups is 2. The molecule has 0 spiro atoms. The van der Waals surface area contributed by atoms with Crippen molar-refractivity contribution in [2.75, 3.05) is 25.0 Å². The fourth-order valence-electron chi connectivity index (χ4n) is 4.44. The van der Waals surface area contributed by atoms with Crippen molar-refractivity contribution in [3.05, 3.63) is 70.1 Å². The second kappa shape index (κ2) is 12.2. The van der Waals surface area contributed by atoms with Crippen LogP contribution in [0.2, 0.25) is 5.02 Å².